The first-order chi connectivity index (χ1) is 8.90. The van der Waals surface area contributed by atoms with Gasteiger partial charge in [-0.1, -0.05) is 29.3 Å². The third-order valence-electron chi connectivity index (χ3n) is 3.11. The number of rotatable bonds is 2. The average molecular weight is 294 g/mol. The van der Waals surface area contributed by atoms with E-state index >= 15 is 0 Å². The molecule has 0 radical (unpaired) electrons. The molecule has 0 saturated carbocycles. The SMILES string of the molecule is Cc1cc(C)c(C(=O)c2ncc(Cl)cc2Cl)cc1C. The predicted octanol–water partition coefficient (Wildman–Crippen LogP) is 4.54. The van der Waals surface area contributed by atoms with Gasteiger partial charge in [-0.05, 0) is 49.6 Å². The van der Waals surface area contributed by atoms with E-state index in [1.54, 1.807) is 0 Å². The molecule has 0 bridgehead atoms. The first kappa shape index (κ1) is 14.0. The minimum atomic E-state index is -0.178. The van der Waals surface area contributed by atoms with E-state index in [2.05, 4.69) is 4.98 Å². The van der Waals surface area contributed by atoms with Crippen molar-refractivity contribution in [1.29, 1.82) is 0 Å². The fourth-order valence-electron chi connectivity index (χ4n) is 1.91. The maximum absolute atomic E-state index is 12.5. The summed E-state index contributed by atoms with van der Waals surface area (Å²) in [6.07, 6.45) is 1.43. The summed E-state index contributed by atoms with van der Waals surface area (Å²) in [7, 11) is 0. The normalized spacial score (nSPS) is 10.6. The van der Waals surface area contributed by atoms with E-state index in [0.717, 1.165) is 16.7 Å². The van der Waals surface area contributed by atoms with Crippen molar-refractivity contribution in [3.63, 3.8) is 0 Å². The zero-order valence-electron chi connectivity index (χ0n) is 10.9. The molecule has 1 aromatic carbocycles. The van der Waals surface area contributed by atoms with Gasteiger partial charge in [0.1, 0.15) is 5.69 Å². The average Bonchev–Trinajstić information content (AvgIpc) is 2.33. The third-order valence-corrected chi connectivity index (χ3v) is 3.60. The van der Waals surface area contributed by atoms with Crippen molar-refractivity contribution in [2.45, 2.75) is 20.8 Å². The molecule has 0 saturated heterocycles. The Hall–Kier alpha value is -1.38. The molecule has 19 heavy (non-hydrogen) atoms. The first-order valence-corrected chi connectivity index (χ1v) is 6.59. The first-order valence-electron chi connectivity index (χ1n) is 5.83. The molecule has 0 fully saturated rings. The number of carbonyl (C=O) groups is 1. The lowest BCUT2D eigenvalue weighted by molar-refractivity contribution is 0.103. The maximum atomic E-state index is 12.5. The Bertz CT molecular complexity index is 665. The van der Waals surface area contributed by atoms with Gasteiger partial charge >= 0.3 is 0 Å². The van der Waals surface area contributed by atoms with Crippen LogP contribution in [0.4, 0.5) is 0 Å². The van der Waals surface area contributed by atoms with Gasteiger partial charge in [-0.2, -0.15) is 0 Å². The quantitative estimate of drug-likeness (QED) is 0.761. The van der Waals surface area contributed by atoms with Gasteiger partial charge in [-0.3, -0.25) is 4.79 Å². The largest absolute Gasteiger partial charge is 0.287 e. The fraction of sp³-hybridized carbons (Fsp3) is 0.200. The topological polar surface area (TPSA) is 30.0 Å². The second-order valence-electron chi connectivity index (χ2n) is 4.56. The number of hydrogen-bond acceptors (Lipinski definition) is 2. The summed E-state index contributed by atoms with van der Waals surface area (Å²) in [6, 6.07) is 5.39. The van der Waals surface area contributed by atoms with Crippen LogP contribution in [0, 0.1) is 20.8 Å². The molecule has 0 aliphatic carbocycles. The van der Waals surface area contributed by atoms with E-state index in [1.165, 1.54) is 12.3 Å². The summed E-state index contributed by atoms with van der Waals surface area (Å²) in [5.74, 6) is -0.178. The number of nitrogens with zero attached hydrogens (tertiary/aromatic N) is 1. The molecule has 2 rings (SSSR count). The number of benzene rings is 1. The molecule has 0 spiro atoms. The zero-order valence-corrected chi connectivity index (χ0v) is 12.4. The molecule has 0 aliphatic heterocycles. The summed E-state index contributed by atoms with van der Waals surface area (Å²) in [5, 5.41) is 0.688. The Morgan fingerprint density at radius 2 is 1.63 bits per heavy atom. The molecule has 0 atom stereocenters. The Balaban J connectivity index is 2.53. The highest BCUT2D eigenvalue weighted by atomic mass is 35.5. The Labute approximate surface area is 122 Å². The van der Waals surface area contributed by atoms with Crippen LogP contribution in [-0.2, 0) is 0 Å². The Morgan fingerprint density at radius 3 is 2.26 bits per heavy atom. The van der Waals surface area contributed by atoms with Crippen molar-refractivity contribution >= 4 is 29.0 Å². The molecule has 2 nitrogen and oxygen atoms in total. The van der Waals surface area contributed by atoms with E-state index in [9.17, 15) is 4.79 Å². The smallest absolute Gasteiger partial charge is 0.213 e. The summed E-state index contributed by atoms with van der Waals surface area (Å²) in [4.78, 5) is 16.5. The van der Waals surface area contributed by atoms with E-state index in [0.29, 0.717) is 10.6 Å². The third kappa shape index (κ3) is 2.80. The van der Waals surface area contributed by atoms with Crippen molar-refractivity contribution in [3.8, 4) is 0 Å². The lowest BCUT2D eigenvalue weighted by atomic mass is 9.96. The van der Waals surface area contributed by atoms with E-state index in [-0.39, 0.29) is 16.5 Å². The number of hydrogen-bond donors (Lipinski definition) is 0. The number of halogens is 2. The van der Waals surface area contributed by atoms with Crippen LogP contribution in [0.1, 0.15) is 32.7 Å². The van der Waals surface area contributed by atoms with Gasteiger partial charge in [0.15, 0.2) is 0 Å². The highest BCUT2D eigenvalue weighted by molar-refractivity contribution is 6.37. The van der Waals surface area contributed by atoms with Gasteiger partial charge in [-0.25, -0.2) is 4.98 Å². The number of aromatic nitrogens is 1. The molecule has 0 amide bonds. The van der Waals surface area contributed by atoms with Gasteiger partial charge in [-0.15, -0.1) is 0 Å². The van der Waals surface area contributed by atoms with Crippen LogP contribution in [-0.4, -0.2) is 10.8 Å². The van der Waals surface area contributed by atoms with Crippen molar-refractivity contribution in [1.82, 2.24) is 4.98 Å². The number of pyridine rings is 1. The van der Waals surface area contributed by atoms with Crippen molar-refractivity contribution in [2.24, 2.45) is 0 Å². The number of carbonyl (C=O) groups excluding carboxylic acids is 1. The number of ketones is 1. The van der Waals surface area contributed by atoms with Crippen LogP contribution in [0.2, 0.25) is 10.0 Å². The van der Waals surface area contributed by atoms with Crippen LogP contribution in [0.5, 0.6) is 0 Å². The minimum Gasteiger partial charge on any atom is -0.287 e. The number of aryl methyl sites for hydroxylation is 3. The van der Waals surface area contributed by atoms with Crippen molar-refractivity contribution < 1.29 is 4.79 Å². The highest BCUT2D eigenvalue weighted by Crippen LogP contribution is 2.23. The molecular weight excluding hydrogens is 281 g/mol. The van der Waals surface area contributed by atoms with E-state index in [1.807, 2.05) is 32.9 Å². The summed E-state index contributed by atoms with van der Waals surface area (Å²) in [5.41, 5.74) is 4.00. The molecule has 1 aromatic heterocycles. The van der Waals surface area contributed by atoms with E-state index in [4.69, 9.17) is 23.2 Å². The minimum absolute atomic E-state index is 0.178. The van der Waals surface area contributed by atoms with Crippen LogP contribution in [0.3, 0.4) is 0 Å². The Kier molecular flexibility index (Phi) is 3.93. The molecule has 98 valence electrons. The standard InChI is InChI=1S/C15H13Cl2NO/c1-8-4-10(3)12(5-9(8)2)15(19)14-13(17)6-11(16)7-18-14/h4-7H,1-3H3. The van der Waals surface area contributed by atoms with Gasteiger partial charge in [0.05, 0.1) is 10.0 Å². The molecule has 0 aliphatic rings. The molecular formula is C15H13Cl2NO. The predicted molar refractivity (Wildman–Crippen MR) is 78.3 cm³/mol. The van der Waals surface area contributed by atoms with Crippen LogP contribution >= 0.6 is 23.2 Å². The summed E-state index contributed by atoms with van der Waals surface area (Å²) < 4.78 is 0. The lowest BCUT2D eigenvalue weighted by Crippen LogP contribution is -2.08. The maximum Gasteiger partial charge on any atom is 0.213 e. The molecule has 0 unspecified atom stereocenters. The lowest BCUT2D eigenvalue weighted by Gasteiger charge is -2.09. The second-order valence-corrected chi connectivity index (χ2v) is 5.41. The summed E-state index contributed by atoms with van der Waals surface area (Å²) in [6.45, 7) is 5.90. The molecule has 0 N–H and O–H groups in total. The van der Waals surface area contributed by atoms with Crippen LogP contribution in [0.25, 0.3) is 0 Å². The van der Waals surface area contributed by atoms with E-state index < -0.39 is 0 Å². The van der Waals surface area contributed by atoms with Gasteiger partial charge in [0.2, 0.25) is 5.78 Å². The monoisotopic (exact) mass is 293 g/mol. The van der Waals surface area contributed by atoms with Gasteiger partial charge < -0.3 is 0 Å². The van der Waals surface area contributed by atoms with Crippen molar-refractivity contribution in [3.05, 3.63) is 62.4 Å². The Morgan fingerprint density at radius 1 is 1.00 bits per heavy atom. The highest BCUT2D eigenvalue weighted by Gasteiger charge is 2.17. The molecule has 2 aromatic rings. The van der Waals surface area contributed by atoms with Gasteiger partial charge in [0.25, 0.3) is 0 Å². The zero-order chi connectivity index (χ0) is 14.2. The fourth-order valence-corrected chi connectivity index (χ4v) is 2.38. The molecule has 1 heterocycles. The van der Waals surface area contributed by atoms with Crippen LogP contribution in [0.15, 0.2) is 24.4 Å². The van der Waals surface area contributed by atoms with Crippen LogP contribution < -0.4 is 0 Å². The molecule has 4 heteroatoms. The van der Waals surface area contributed by atoms with Gasteiger partial charge in [0, 0.05) is 11.8 Å². The second kappa shape index (κ2) is 5.32. The summed E-state index contributed by atoms with van der Waals surface area (Å²) >= 11 is 11.8. The van der Waals surface area contributed by atoms with Crippen molar-refractivity contribution in [2.75, 3.05) is 0 Å².